The van der Waals surface area contributed by atoms with E-state index in [9.17, 15) is 9.59 Å². The van der Waals surface area contributed by atoms with Crippen LogP contribution in [0.4, 0.5) is 0 Å². The van der Waals surface area contributed by atoms with Crippen molar-refractivity contribution >= 4 is 11.9 Å². The Morgan fingerprint density at radius 2 is 1.74 bits per heavy atom. The van der Waals surface area contributed by atoms with E-state index in [0.717, 1.165) is 0 Å². The predicted octanol–water partition coefficient (Wildman–Crippen LogP) is 2.66. The van der Waals surface area contributed by atoms with Gasteiger partial charge in [0, 0.05) is 5.56 Å². The molecule has 102 valence electrons. The van der Waals surface area contributed by atoms with E-state index in [1.54, 1.807) is 52.0 Å². The van der Waals surface area contributed by atoms with Crippen molar-refractivity contribution in [3.63, 3.8) is 0 Å². The average molecular weight is 261 g/mol. The molecule has 0 spiro atoms. The molecule has 0 aliphatic rings. The van der Waals surface area contributed by atoms with Crippen molar-refractivity contribution in [2.45, 2.75) is 33.3 Å². The number of allylic oxidation sites excluding steroid dienone is 1. The number of carbonyl (C=O) groups is 2. The van der Waals surface area contributed by atoms with Crippen molar-refractivity contribution in [3.05, 3.63) is 47.7 Å². The highest BCUT2D eigenvalue weighted by atomic mass is 16.6. The Kier molecular flexibility index (Phi) is 4.87. The van der Waals surface area contributed by atoms with Gasteiger partial charge in [-0.3, -0.25) is 4.79 Å². The Labute approximate surface area is 113 Å². The zero-order chi connectivity index (χ0) is 14.5. The zero-order valence-corrected chi connectivity index (χ0v) is 11.7. The van der Waals surface area contributed by atoms with Crippen LogP contribution in [-0.4, -0.2) is 17.5 Å². The number of esters is 1. The maximum absolute atomic E-state index is 11.9. The van der Waals surface area contributed by atoms with Gasteiger partial charge in [-0.1, -0.05) is 24.3 Å². The number of hydrogen-bond donors (Lipinski definition) is 1. The van der Waals surface area contributed by atoms with Crippen molar-refractivity contribution < 1.29 is 14.3 Å². The second-order valence-corrected chi connectivity index (χ2v) is 5.02. The van der Waals surface area contributed by atoms with E-state index in [0.29, 0.717) is 5.56 Å². The Balaban J connectivity index is 2.74. The van der Waals surface area contributed by atoms with Crippen molar-refractivity contribution in [1.29, 1.82) is 0 Å². The summed E-state index contributed by atoms with van der Waals surface area (Å²) < 4.78 is 5.21. The summed E-state index contributed by atoms with van der Waals surface area (Å²) in [7, 11) is 0. The third-order valence-electron chi connectivity index (χ3n) is 2.19. The average Bonchev–Trinajstić information content (AvgIpc) is 2.34. The van der Waals surface area contributed by atoms with Crippen LogP contribution in [0.2, 0.25) is 0 Å². The number of benzene rings is 1. The molecule has 1 amide bonds. The van der Waals surface area contributed by atoms with E-state index in [1.807, 2.05) is 6.07 Å². The molecule has 1 N–H and O–H groups in total. The first-order valence-corrected chi connectivity index (χ1v) is 6.09. The summed E-state index contributed by atoms with van der Waals surface area (Å²) in [4.78, 5) is 23.8. The number of rotatable bonds is 3. The summed E-state index contributed by atoms with van der Waals surface area (Å²) in [6.07, 6.45) is 1.52. The number of hydrogen-bond acceptors (Lipinski definition) is 3. The molecule has 0 aliphatic carbocycles. The number of carbonyl (C=O) groups excluding carboxylic acids is 2. The van der Waals surface area contributed by atoms with Crippen molar-refractivity contribution in [3.8, 4) is 0 Å². The van der Waals surface area contributed by atoms with Crippen LogP contribution in [-0.2, 0) is 9.53 Å². The highest BCUT2D eigenvalue weighted by Gasteiger charge is 2.21. The van der Waals surface area contributed by atoms with Gasteiger partial charge in [-0.15, -0.1) is 0 Å². The Morgan fingerprint density at radius 3 is 2.21 bits per heavy atom. The summed E-state index contributed by atoms with van der Waals surface area (Å²) in [5, 5.41) is 2.55. The van der Waals surface area contributed by atoms with Crippen LogP contribution in [0.5, 0.6) is 0 Å². The molecule has 0 saturated heterocycles. The topological polar surface area (TPSA) is 55.4 Å². The molecule has 1 rings (SSSR count). The van der Waals surface area contributed by atoms with Crippen molar-refractivity contribution in [2.75, 3.05) is 0 Å². The highest BCUT2D eigenvalue weighted by Crippen LogP contribution is 2.10. The van der Waals surface area contributed by atoms with Crippen LogP contribution in [0.25, 0.3) is 0 Å². The molecular weight excluding hydrogens is 242 g/mol. The SMILES string of the molecule is C/C=C(\NC(=O)c1ccccc1)C(=O)OC(C)(C)C. The number of ether oxygens (including phenoxy) is 1. The molecule has 0 atom stereocenters. The van der Waals surface area contributed by atoms with Gasteiger partial charge in [0.05, 0.1) is 0 Å². The minimum Gasteiger partial charge on any atom is -0.455 e. The summed E-state index contributed by atoms with van der Waals surface area (Å²) in [6, 6.07) is 8.70. The molecule has 0 bridgehead atoms. The summed E-state index contributed by atoms with van der Waals surface area (Å²) >= 11 is 0. The maximum atomic E-state index is 11.9. The lowest BCUT2D eigenvalue weighted by atomic mass is 10.2. The third-order valence-corrected chi connectivity index (χ3v) is 2.19. The molecule has 0 heterocycles. The maximum Gasteiger partial charge on any atom is 0.355 e. The van der Waals surface area contributed by atoms with Crippen molar-refractivity contribution in [2.24, 2.45) is 0 Å². The highest BCUT2D eigenvalue weighted by molar-refractivity contribution is 6.01. The molecule has 4 nitrogen and oxygen atoms in total. The van der Waals surface area contributed by atoms with Crippen LogP contribution in [0, 0.1) is 0 Å². The second kappa shape index (κ2) is 6.18. The quantitative estimate of drug-likeness (QED) is 0.672. The zero-order valence-electron chi connectivity index (χ0n) is 11.7. The molecule has 0 saturated carbocycles. The summed E-state index contributed by atoms with van der Waals surface area (Å²) in [5.74, 6) is -0.876. The normalized spacial score (nSPS) is 11.9. The molecule has 0 aliphatic heterocycles. The Morgan fingerprint density at radius 1 is 1.16 bits per heavy atom. The molecule has 0 radical (unpaired) electrons. The molecule has 0 unspecified atom stereocenters. The van der Waals surface area contributed by atoms with Crippen LogP contribution >= 0.6 is 0 Å². The molecule has 1 aromatic rings. The van der Waals surface area contributed by atoms with Gasteiger partial charge in [0.15, 0.2) is 0 Å². The van der Waals surface area contributed by atoms with Gasteiger partial charge in [0.1, 0.15) is 11.3 Å². The monoisotopic (exact) mass is 261 g/mol. The first kappa shape index (κ1) is 15.0. The Hall–Kier alpha value is -2.10. The van der Waals surface area contributed by atoms with Crippen LogP contribution in [0.1, 0.15) is 38.1 Å². The molecule has 4 heteroatoms. The standard InChI is InChI=1S/C15H19NO3/c1-5-12(14(18)19-15(2,3)4)16-13(17)11-9-7-6-8-10-11/h5-10H,1-4H3,(H,16,17)/b12-5-. The van der Waals surface area contributed by atoms with Crippen LogP contribution < -0.4 is 5.32 Å². The summed E-state index contributed by atoms with van der Waals surface area (Å²) in [5.41, 5.74) is 0.0391. The Bertz CT molecular complexity index is 484. The predicted molar refractivity (Wildman–Crippen MR) is 73.5 cm³/mol. The summed E-state index contributed by atoms with van der Waals surface area (Å²) in [6.45, 7) is 7.00. The molecule has 0 aromatic heterocycles. The van der Waals surface area contributed by atoms with Crippen LogP contribution in [0.3, 0.4) is 0 Å². The third kappa shape index (κ3) is 4.95. The smallest absolute Gasteiger partial charge is 0.355 e. The van der Waals surface area contributed by atoms with Gasteiger partial charge in [-0.05, 0) is 39.8 Å². The van der Waals surface area contributed by atoms with Gasteiger partial charge in [-0.25, -0.2) is 4.79 Å². The van der Waals surface area contributed by atoms with E-state index in [-0.39, 0.29) is 11.6 Å². The lowest BCUT2D eigenvalue weighted by Gasteiger charge is -2.20. The van der Waals surface area contributed by atoms with Gasteiger partial charge >= 0.3 is 5.97 Å². The molecule has 0 fully saturated rings. The minimum atomic E-state index is -0.594. The fraction of sp³-hybridized carbons (Fsp3) is 0.333. The van der Waals surface area contributed by atoms with E-state index >= 15 is 0 Å². The van der Waals surface area contributed by atoms with Gasteiger partial charge in [0.25, 0.3) is 5.91 Å². The fourth-order valence-corrected chi connectivity index (χ4v) is 1.36. The molecular formula is C15H19NO3. The van der Waals surface area contributed by atoms with Gasteiger partial charge in [-0.2, -0.15) is 0 Å². The van der Waals surface area contributed by atoms with Gasteiger partial charge in [0.2, 0.25) is 0 Å². The fourth-order valence-electron chi connectivity index (χ4n) is 1.36. The molecule has 1 aromatic carbocycles. The van der Waals surface area contributed by atoms with E-state index in [4.69, 9.17) is 4.74 Å². The van der Waals surface area contributed by atoms with Gasteiger partial charge < -0.3 is 10.1 Å². The lowest BCUT2D eigenvalue weighted by Crippen LogP contribution is -2.32. The minimum absolute atomic E-state index is 0.142. The van der Waals surface area contributed by atoms with E-state index in [2.05, 4.69) is 5.32 Å². The number of nitrogens with one attached hydrogen (secondary N) is 1. The van der Waals surface area contributed by atoms with Crippen molar-refractivity contribution in [1.82, 2.24) is 5.32 Å². The second-order valence-electron chi connectivity index (χ2n) is 5.02. The molecule has 19 heavy (non-hydrogen) atoms. The largest absolute Gasteiger partial charge is 0.455 e. The van der Waals surface area contributed by atoms with Crippen LogP contribution in [0.15, 0.2) is 42.1 Å². The van der Waals surface area contributed by atoms with E-state index < -0.39 is 11.6 Å². The number of amides is 1. The first-order chi connectivity index (χ1) is 8.83. The first-order valence-electron chi connectivity index (χ1n) is 6.09. The van der Waals surface area contributed by atoms with E-state index in [1.165, 1.54) is 6.08 Å². The lowest BCUT2D eigenvalue weighted by molar-refractivity contribution is -0.150.